The lowest BCUT2D eigenvalue weighted by Gasteiger charge is -2.04. The van der Waals surface area contributed by atoms with E-state index in [1.165, 1.54) is 31.7 Å². The van der Waals surface area contributed by atoms with Crippen LogP contribution in [0, 0.1) is 6.92 Å². The smallest absolute Gasteiger partial charge is 0.0352 e. The fourth-order valence-electron chi connectivity index (χ4n) is 2.38. The van der Waals surface area contributed by atoms with Gasteiger partial charge in [-0.2, -0.15) is 0 Å². The fraction of sp³-hybridized carbons (Fsp3) is 0.125. The van der Waals surface area contributed by atoms with Crippen molar-refractivity contribution in [3.8, 4) is 11.1 Å². The number of fused-ring (bicyclic) bond motifs is 1. The van der Waals surface area contributed by atoms with Crippen LogP contribution < -0.4 is 5.73 Å². The molecule has 18 heavy (non-hydrogen) atoms. The summed E-state index contributed by atoms with van der Waals surface area (Å²) in [5.74, 6) is 0. The summed E-state index contributed by atoms with van der Waals surface area (Å²) in [6.45, 7) is 2.78. The minimum absolute atomic E-state index is 0.592. The average molecular weight is 253 g/mol. The molecule has 90 valence electrons. The minimum atomic E-state index is 0.592. The van der Waals surface area contributed by atoms with Crippen LogP contribution in [-0.4, -0.2) is 0 Å². The molecular weight excluding hydrogens is 238 g/mol. The monoisotopic (exact) mass is 253 g/mol. The molecule has 2 aromatic carbocycles. The van der Waals surface area contributed by atoms with Gasteiger partial charge in [-0.05, 0) is 30.2 Å². The Morgan fingerprint density at radius 1 is 1.06 bits per heavy atom. The molecule has 1 heterocycles. The molecule has 3 rings (SSSR count). The van der Waals surface area contributed by atoms with Crippen molar-refractivity contribution in [2.45, 2.75) is 13.5 Å². The highest BCUT2D eigenvalue weighted by Crippen LogP contribution is 2.38. The number of aryl methyl sites for hydroxylation is 1. The van der Waals surface area contributed by atoms with E-state index in [0.717, 1.165) is 0 Å². The molecule has 1 nitrogen and oxygen atoms in total. The van der Waals surface area contributed by atoms with Crippen LogP contribution in [0.2, 0.25) is 0 Å². The first-order valence-corrected chi connectivity index (χ1v) is 6.89. The van der Waals surface area contributed by atoms with Crippen molar-refractivity contribution in [1.82, 2.24) is 0 Å². The second-order valence-electron chi connectivity index (χ2n) is 4.43. The lowest BCUT2D eigenvalue weighted by atomic mass is 10.0. The van der Waals surface area contributed by atoms with Gasteiger partial charge in [-0.1, -0.05) is 36.4 Å². The van der Waals surface area contributed by atoms with E-state index in [1.54, 1.807) is 0 Å². The number of hydrogen-bond acceptors (Lipinski definition) is 2. The molecule has 0 aliphatic heterocycles. The molecule has 2 N–H and O–H groups in total. The van der Waals surface area contributed by atoms with Crippen molar-refractivity contribution >= 4 is 21.4 Å². The van der Waals surface area contributed by atoms with Gasteiger partial charge in [0.15, 0.2) is 0 Å². The fourth-order valence-corrected chi connectivity index (χ4v) is 3.47. The third kappa shape index (κ3) is 1.84. The maximum atomic E-state index is 5.73. The predicted octanol–water partition coefficient (Wildman–Crippen LogP) is 4.34. The van der Waals surface area contributed by atoms with Gasteiger partial charge in [-0.25, -0.2) is 0 Å². The maximum absolute atomic E-state index is 5.73. The van der Waals surface area contributed by atoms with Gasteiger partial charge in [0.2, 0.25) is 0 Å². The number of rotatable bonds is 2. The summed E-state index contributed by atoms with van der Waals surface area (Å²) < 4.78 is 1.35. The summed E-state index contributed by atoms with van der Waals surface area (Å²) in [4.78, 5) is 1.37. The normalized spacial score (nSPS) is 11.0. The second-order valence-corrected chi connectivity index (χ2v) is 5.69. The zero-order chi connectivity index (χ0) is 12.5. The topological polar surface area (TPSA) is 26.0 Å². The van der Waals surface area contributed by atoms with Crippen molar-refractivity contribution in [3.63, 3.8) is 0 Å². The highest BCUT2D eigenvalue weighted by Gasteiger charge is 2.10. The molecular formula is C16H15NS. The van der Waals surface area contributed by atoms with Gasteiger partial charge in [0.1, 0.15) is 0 Å². The van der Waals surface area contributed by atoms with E-state index < -0.39 is 0 Å². The summed E-state index contributed by atoms with van der Waals surface area (Å²) in [6, 6.07) is 17.1. The van der Waals surface area contributed by atoms with Crippen molar-refractivity contribution in [2.75, 3.05) is 0 Å². The Kier molecular flexibility index (Phi) is 2.90. The van der Waals surface area contributed by atoms with Gasteiger partial charge >= 0.3 is 0 Å². The summed E-state index contributed by atoms with van der Waals surface area (Å²) in [5.41, 5.74) is 9.53. The molecule has 0 saturated carbocycles. The molecule has 0 saturated heterocycles. The van der Waals surface area contributed by atoms with Crippen LogP contribution in [0.1, 0.15) is 10.4 Å². The van der Waals surface area contributed by atoms with E-state index in [2.05, 4.69) is 55.5 Å². The number of benzene rings is 2. The number of nitrogens with two attached hydrogens (primary N) is 1. The third-order valence-corrected chi connectivity index (χ3v) is 4.31. The Morgan fingerprint density at radius 3 is 2.72 bits per heavy atom. The van der Waals surface area contributed by atoms with Crippen LogP contribution in [0.25, 0.3) is 21.2 Å². The van der Waals surface area contributed by atoms with Crippen LogP contribution >= 0.6 is 11.3 Å². The number of thiophene rings is 1. The zero-order valence-corrected chi connectivity index (χ0v) is 11.1. The van der Waals surface area contributed by atoms with Gasteiger partial charge in [-0.3, -0.25) is 0 Å². The van der Waals surface area contributed by atoms with Crippen LogP contribution in [-0.2, 0) is 6.54 Å². The van der Waals surface area contributed by atoms with Crippen molar-refractivity contribution < 1.29 is 0 Å². The van der Waals surface area contributed by atoms with E-state index >= 15 is 0 Å². The van der Waals surface area contributed by atoms with Gasteiger partial charge in [0.25, 0.3) is 0 Å². The Bertz CT molecular complexity index is 697. The van der Waals surface area contributed by atoms with Crippen LogP contribution in [0.5, 0.6) is 0 Å². The first kappa shape index (κ1) is 11.5. The Labute approximate surface area is 111 Å². The molecule has 0 unspecified atom stereocenters. The van der Waals surface area contributed by atoms with E-state index in [4.69, 9.17) is 5.73 Å². The van der Waals surface area contributed by atoms with Gasteiger partial charge in [-0.15, -0.1) is 11.3 Å². The van der Waals surface area contributed by atoms with E-state index in [-0.39, 0.29) is 0 Å². The predicted molar refractivity (Wildman–Crippen MR) is 79.9 cm³/mol. The molecule has 0 aliphatic rings. The first-order chi connectivity index (χ1) is 8.79. The molecule has 2 heteroatoms. The summed E-state index contributed by atoms with van der Waals surface area (Å²) >= 11 is 1.86. The summed E-state index contributed by atoms with van der Waals surface area (Å²) in [6.07, 6.45) is 0. The number of hydrogen-bond donors (Lipinski definition) is 1. The Hall–Kier alpha value is -1.64. The standard InChI is InChI=1S/C16H15NS/c1-11-16(13-6-4-5-12(9-13)10-17)14-7-2-3-8-15(14)18-11/h2-9H,10,17H2,1H3. The van der Waals surface area contributed by atoms with Gasteiger partial charge < -0.3 is 5.73 Å². The molecule has 3 aromatic rings. The van der Waals surface area contributed by atoms with Crippen LogP contribution in [0.4, 0.5) is 0 Å². The Balaban J connectivity index is 2.27. The lowest BCUT2D eigenvalue weighted by molar-refractivity contribution is 1.07. The van der Waals surface area contributed by atoms with E-state index in [9.17, 15) is 0 Å². The highest BCUT2D eigenvalue weighted by atomic mass is 32.1. The van der Waals surface area contributed by atoms with Gasteiger partial charge in [0.05, 0.1) is 0 Å². The molecule has 0 atom stereocenters. The largest absolute Gasteiger partial charge is 0.326 e. The van der Waals surface area contributed by atoms with Crippen molar-refractivity contribution in [2.24, 2.45) is 5.73 Å². The molecule has 0 fully saturated rings. The quantitative estimate of drug-likeness (QED) is 0.722. The van der Waals surface area contributed by atoms with Crippen molar-refractivity contribution in [3.05, 3.63) is 59.0 Å². The van der Waals surface area contributed by atoms with E-state index in [0.29, 0.717) is 6.54 Å². The lowest BCUT2D eigenvalue weighted by Crippen LogP contribution is -1.95. The zero-order valence-electron chi connectivity index (χ0n) is 10.3. The SMILES string of the molecule is Cc1sc2ccccc2c1-c1cccc(CN)c1. The molecule has 0 amide bonds. The molecule has 0 bridgehead atoms. The molecule has 0 radical (unpaired) electrons. The first-order valence-electron chi connectivity index (χ1n) is 6.07. The second kappa shape index (κ2) is 4.56. The minimum Gasteiger partial charge on any atom is -0.326 e. The highest BCUT2D eigenvalue weighted by molar-refractivity contribution is 7.19. The maximum Gasteiger partial charge on any atom is 0.0352 e. The van der Waals surface area contributed by atoms with Crippen molar-refractivity contribution in [1.29, 1.82) is 0 Å². The van der Waals surface area contributed by atoms with Crippen LogP contribution in [0.15, 0.2) is 48.5 Å². The average Bonchev–Trinajstić information content (AvgIpc) is 2.74. The summed E-state index contributed by atoms with van der Waals surface area (Å²) in [7, 11) is 0. The molecule has 0 spiro atoms. The van der Waals surface area contributed by atoms with Gasteiger partial charge in [0, 0.05) is 27.1 Å². The third-order valence-electron chi connectivity index (χ3n) is 3.22. The van der Waals surface area contributed by atoms with Crippen LogP contribution in [0.3, 0.4) is 0 Å². The Morgan fingerprint density at radius 2 is 1.89 bits per heavy atom. The van der Waals surface area contributed by atoms with E-state index in [1.807, 2.05) is 11.3 Å². The molecule has 0 aliphatic carbocycles. The summed E-state index contributed by atoms with van der Waals surface area (Å²) in [5, 5.41) is 1.34. The molecule has 1 aromatic heterocycles.